The molecule has 24 heavy (non-hydrogen) atoms. The van der Waals surface area contributed by atoms with Gasteiger partial charge in [0.05, 0.1) is 10.8 Å². The van der Waals surface area contributed by atoms with Gasteiger partial charge in [0.25, 0.3) is 0 Å². The minimum atomic E-state index is -0.266. The van der Waals surface area contributed by atoms with Gasteiger partial charge in [-0.15, -0.1) is 23.1 Å². The number of carbonyl (C=O) groups excluding carboxylic acids is 1. The van der Waals surface area contributed by atoms with Crippen molar-refractivity contribution in [1.82, 2.24) is 0 Å². The number of thiophene rings is 1. The Bertz CT molecular complexity index is 807. The van der Waals surface area contributed by atoms with Crippen LogP contribution in [0.4, 0.5) is 10.7 Å². The number of aryl methyl sites for hydroxylation is 1. The van der Waals surface area contributed by atoms with E-state index in [9.17, 15) is 10.1 Å². The number of nitrogens with zero attached hydrogens (tertiary/aromatic N) is 1. The molecule has 4 nitrogen and oxygen atoms in total. The first-order chi connectivity index (χ1) is 11.6. The number of nitrogen functional groups attached to an aromatic ring is 1. The van der Waals surface area contributed by atoms with Crippen LogP contribution in [0.25, 0.3) is 0 Å². The lowest BCUT2D eigenvalue weighted by Crippen LogP contribution is -2.22. The average molecular weight is 358 g/mol. The second-order valence-electron chi connectivity index (χ2n) is 5.85. The molecule has 2 aromatic rings. The normalized spacial score (nSPS) is 14.5. The lowest BCUT2D eigenvalue weighted by atomic mass is 9.96. The van der Waals surface area contributed by atoms with E-state index in [1.54, 1.807) is 11.3 Å². The number of anilines is 2. The summed E-state index contributed by atoms with van der Waals surface area (Å²) in [4.78, 5) is 14.7. The standard InChI is InChI=1S/C18H19N3OS2/c1-11(23-13-6-4-5-12(20)9-13)17(22)21-18-15(10-19)14-7-2-3-8-16(14)24-18/h4-6,9,11H,2-3,7-8,20H2,1H3,(H,21,22). The maximum Gasteiger partial charge on any atom is 0.238 e. The molecule has 1 aliphatic rings. The summed E-state index contributed by atoms with van der Waals surface area (Å²) in [5, 5.41) is 12.9. The molecular formula is C18H19N3OS2. The Kier molecular flexibility index (Phi) is 5.12. The van der Waals surface area contributed by atoms with Crippen molar-refractivity contribution in [1.29, 1.82) is 5.26 Å². The van der Waals surface area contributed by atoms with E-state index in [0.29, 0.717) is 16.3 Å². The van der Waals surface area contributed by atoms with E-state index in [4.69, 9.17) is 5.73 Å². The zero-order valence-corrected chi connectivity index (χ0v) is 15.1. The van der Waals surface area contributed by atoms with E-state index in [1.807, 2.05) is 31.2 Å². The van der Waals surface area contributed by atoms with Crippen molar-refractivity contribution in [2.75, 3.05) is 11.1 Å². The lowest BCUT2D eigenvalue weighted by Gasteiger charge is -2.11. The molecule has 1 amide bonds. The van der Waals surface area contributed by atoms with E-state index in [-0.39, 0.29) is 11.2 Å². The Morgan fingerprint density at radius 3 is 2.96 bits per heavy atom. The van der Waals surface area contributed by atoms with Gasteiger partial charge in [-0.3, -0.25) is 4.79 Å². The molecule has 1 aromatic carbocycles. The molecule has 0 bridgehead atoms. The van der Waals surface area contributed by atoms with Crippen molar-refractivity contribution < 1.29 is 4.79 Å². The van der Waals surface area contributed by atoms with Gasteiger partial charge in [-0.2, -0.15) is 5.26 Å². The van der Waals surface area contributed by atoms with Gasteiger partial charge in [-0.1, -0.05) is 6.07 Å². The van der Waals surface area contributed by atoms with Gasteiger partial charge in [-0.25, -0.2) is 0 Å². The quantitative estimate of drug-likeness (QED) is 0.635. The zero-order chi connectivity index (χ0) is 17.1. The predicted molar refractivity (Wildman–Crippen MR) is 100 cm³/mol. The Balaban J connectivity index is 1.73. The first-order valence-corrected chi connectivity index (χ1v) is 9.66. The van der Waals surface area contributed by atoms with E-state index < -0.39 is 0 Å². The summed E-state index contributed by atoms with van der Waals surface area (Å²) in [6, 6.07) is 9.78. The van der Waals surface area contributed by atoms with Crippen LogP contribution in [0.2, 0.25) is 0 Å². The number of carbonyl (C=O) groups is 1. The monoisotopic (exact) mass is 357 g/mol. The van der Waals surface area contributed by atoms with Gasteiger partial charge in [0.1, 0.15) is 11.1 Å². The lowest BCUT2D eigenvalue weighted by molar-refractivity contribution is -0.115. The van der Waals surface area contributed by atoms with Crippen LogP contribution < -0.4 is 11.1 Å². The molecule has 0 radical (unpaired) electrons. The summed E-state index contributed by atoms with van der Waals surface area (Å²) in [5.41, 5.74) is 8.26. The fourth-order valence-electron chi connectivity index (χ4n) is 2.83. The number of nitrogens with two attached hydrogens (primary N) is 1. The van der Waals surface area contributed by atoms with Crippen LogP contribution in [0.15, 0.2) is 29.2 Å². The maximum atomic E-state index is 12.5. The Morgan fingerprint density at radius 2 is 2.21 bits per heavy atom. The minimum absolute atomic E-state index is 0.0856. The topological polar surface area (TPSA) is 78.9 Å². The largest absolute Gasteiger partial charge is 0.399 e. The predicted octanol–water partition coefficient (Wildman–Crippen LogP) is 4.20. The summed E-state index contributed by atoms with van der Waals surface area (Å²) in [5.74, 6) is -0.0856. The number of rotatable bonds is 4. The van der Waals surface area contributed by atoms with Crippen molar-refractivity contribution in [3.05, 3.63) is 40.3 Å². The number of fused-ring (bicyclic) bond motifs is 1. The highest BCUT2D eigenvalue weighted by Gasteiger charge is 2.23. The van der Waals surface area contributed by atoms with Gasteiger partial charge < -0.3 is 11.1 Å². The highest BCUT2D eigenvalue weighted by atomic mass is 32.2. The van der Waals surface area contributed by atoms with E-state index in [1.165, 1.54) is 16.6 Å². The van der Waals surface area contributed by atoms with Gasteiger partial charge in [-0.05, 0) is 56.4 Å². The molecule has 0 fully saturated rings. The highest BCUT2D eigenvalue weighted by molar-refractivity contribution is 8.00. The smallest absolute Gasteiger partial charge is 0.238 e. The molecule has 3 N–H and O–H groups in total. The molecule has 1 unspecified atom stereocenters. The van der Waals surface area contributed by atoms with Crippen LogP contribution >= 0.6 is 23.1 Å². The van der Waals surface area contributed by atoms with Crippen LogP contribution in [0.5, 0.6) is 0 Å². The highest BCUT2D eigenvalue weighted by Crippen LogP contribution is 2.38. The number of hydrogen-bond acceptors (Lipinski definition) is 5. The molecule has 124 valence electrons. The van der Waals surface area contributed by atoms with Gasteiger partial charge in [0.2, 0.25) is 5.91 Å². The van der Waals surface area contributed by atoms with Crippen LogP contribution in [0.3, 0.4) is 0 Å². The summed E-state index contributed by atoms with van der Waals surface area (Å²) >= 11 is 3.02. The van der Waals surface area contributed by atoms with E-state index >= 15 is 0 Å². The van der Waals surface area contributed by atoms with Crippen LogP contribution in [-0.2, 0) is 17.6 Å². The SMILES string of the molecule is CC(Sc1cccc(N)c1)C(=O)Nc1sc2c(c1C#N)CCCC2. The zero-order valence-electron chi connectivity index (χ0n) is 13.5. The van der Waals surface area contributed by atoms with Crippen LogP contribution in [0, 0.1) is 11.3 Å². The number of nitrogens with one attached hydrogen (secondary N) is 1. The van der Waals surface area contributed by atoms with Crippen molar-refractivity contribution in [2.45, 2.75) is 42.8 Å². The molecule has 1 atom stereocenters. The maximum absolute atomic E-state index is 12.5. The van der Waals surface area contributed by atoms with Crippen molar-refractivity contribution >= 4 is 39.7 Å². The molecule has 6 heteroatoms. The van der Waals surface area contributed by atoms with Crippen molar-refractivity contribution in [3.8, 4) is 6.07 Å². The average Bonchev–Trinajstić information content (AvgIpc) is 2.91. The number of benzene rings is 1. The summed E-state index contributed by atoms with van der Waals surface area (Å²) < 4.78 is 0. The molecule has 0 aliphatic heterocycles. The van der Waals surface area contributed by atoms with Gasteiger partial charge >= 0.3 is 0 Å². The molecule has 0 saturated carbocycles. The molecular weight excluding hydrogens is 338 g/mol. The number of amides is 1. The van der Waals surface area contributed by atoms with Crippen molar-refractivity contribution in [3.63, 3.8) is 0 Å². The summed E-state index contributed by atoms with van der Waals surface area (Å²) in [6.07, 6.45) is 4.23. The first-order valence-electron chi connectivity index (χ1n) is 7.96. The minimum Gasteiger partial charge on any atom is -0.399 e. The Morgan fingerprint density at radius 1 is 1.42 bits per heavy atom. The fourth-order valence-corrected chi connectivity index (χ4v) is 5.01. The Hall–Kier alpha value is -1.97. The van der Waals surface area contributed by atoms with Gasteiger partial charge in [0, 0.05) is 15.5 Å². The molecule has 1 aliphatic carbocycles. The Labute approximate surface area is 150 Å². The molecule has 0 spiro atoms. The fraction of sp³-hybridized carbons (Fsp3) is 0.333. The third-order valence-electron chi connectivity index (χ3n) is 4.06. The summed E-state index contributed by atoms with van der Waals surface area (Å²) in [6.45, 7) is 1.86. The van der Waals surface area contributed by atoms with Crippen LogP contribution in [0.1, 0.15) is 35.8 Å². The molecule has 0 saturated heterocycles. The van der Waals surface area contributed by atoms with E-state index in [0.717, 1.165) is 36.1 Å². The first kappa shape index (κ1) is 16.9. The second kappa shape index (κ2) is 7.29. The number of hydrogen-bond donors (Lipinski definition) is 2. The number of nitriles is 1. The van der Waals surface area contributed by atoms with Crippen LogP contribution in [-0.4, -0.2) is 11.2 Å². The third-order valence-corrected chi connectivity index (χ3v) is 6.36. The molecule has 3 rings (SSSR count). The van der Waals surface area contributed by atoms with E-state index in [2.05, 4.69) is 11.4 Å². The molecule has 1 aromatic heterocycles. The van der Waals surface area contributed by atoms with Gasteiger partial charge in [0.15, 0.2) is 0 Å². The second-order valence-corrected chi connectivity index (χ2v) is 8.37. The van der Waals surface area contributed by atoms with Crippen molar-refractivity contribution in [2.24, 2.45) is 0 Å². The summed E-state index contributed by atoms with van der Waals surface area (Å²) in [7, 11) is 0. The molecule has 1 heterocycles. The number of thioether (sulfide) groups is 1. The third kappa shape index (κ3) is 3.58.